The molecule has 30 heavy (non-hydrogen) atoms. The van der Waals surface area contributed by atoms with Gasteiger partial charge in [-0.15, -0.1) is 0 Å². The van der Waals surface area contributed by atoms with Crippen molar-refractivity contribution >= 4 is 12.0 Å². The number of hydrazone groups is 1. The maximum absolute atomic E-state index is 13.2. The Kier molecular flexibility index (Phi) is 7.09. The minimum Gasteiger partial charge on any atom is -0.489 e. The minimum atomic E-state index is -0.285. The minimum absolute atomic E-state index is 0.284. The zero-order valence-electron chi connectivity index (χ0n) is 16.7. The molecule has 0 radical (unpaired) electrons. The SMILES string of the molecule is COCc1cc(C)nc(N/N=C\c2ccc(OCc3cccc(F)c3)cc2)c1C#N. The van der Waals surface area contributed by atoms with Crippen LogP contribution < -0.4 is 10.2 Å². The fraction of sp³-hybridized carbons (Fsp3) is 0.174. The largest absolute Gasteiger partial charge is 0.489 e. The molecule has 2 aromatic carbocycles. The van der Waals surface area contributed by atoms with Gasteiger partial charge in [0.25, 0.3) is 0 Å². The first-order chi connectivity index (χ1) is 14.6. The van der Waals surface area contributed by atoms with Gasteiger partial charge in [0.15, 0.2) is 5.82 Å². The maximum Gasteiger partial charge on any atom is 0.164 e. The Balaban J connectivity index is 1.62. The van der Waals surface area contributed by atoms with Gasteiger partial charge in [-0.2, -0.15) is 10.4 Å². The number of aryl methyl sites for hydroxylation is 1. The number of halogens is 1. The van der Waals surface area contributed by atoms with Gasteiger partial charge in [-0.25, -0.2) is 9.37 Å². The normalized spacial score (nSPS) is 10.7. The molecule has 1 heterocycles. The molecule has 0 saturated carbocycles. The molecule has 6 nitrogen and oxygen atoms in total. The summed E-state index contributed by atoms with van der Waals surface area (Å²) in [6.07, 6.45) is 1.62. The van der Waals surface area contributed by atoms with Crippen molar-refractivity contribution in [3.8, 4) is 11.8 Å². The standard InChI is InChI=1S/C23H21FN4O2/c1-16-10-19(15-29-2)22(12-25)23(27-16)28-26-13-17-6-8-21(9-7-17)30-14-18-4-3-5-20(24)11-18/h3-11,13H,14-15H2,1-2H3,(H,27,28)/b26-13-. The van der Waals surface area contributed by atoms with Crippen LogP contribution in [0.3, 0.4) is 0 Å². The van der Waals surface area contributed by atoms with Crippen LogP contribution in [-0.2, 0) is 18.0 Å². The van der Waals surface area contributed by atoms with E-state index in [2.05, 4.69) is 21.6 Å². The van der Waals surface area contributed by atoms with Crippen LogP contribution in [-0.4, -0.2) is 18.3 Å². The van der Waals surface area contributed by atoms with Gasteiger partial charge < -0.3 is 9.47 Å². The van der Waals surface area contributed by atoms with Crippen molar-refractivity contribution in [3.05, 3.63) is 88.4 Å². The second kappa shape index (κ2) is 10.1. The number of ether oxygens (including phenoxy) is 2. The second-order valence-corrected chi connectivity index (χ2v) is 6.55. The number of anilines is 1. The third-order valence-electron chi connectivity index (χ3n) is 4.20. The van der Waals surface area contributed by atoms with Crippen LogP contribution in [0.15, 0.2) is 59.7 Å². The molecule has 3 aromatic rings. The van der Waals surface area contributed by atoms with Crippen molar-refractivity contribution in [2.24, 2.45) is 5.10 Å². The number of benzene rings is 2. The fourth-order valence-electron chi connectivity index (χ4n) is 2.83. The van der Waals surface area contributed by atoms with E-state index in [4.69, 9.17) is 9.47 Å². The van der Waals surface area contributed by atoms with E-state index in [-0.39, 0.29) is 12.4 Å². The molecule has 0 aliphatic carbocycles. The molecule has 152 valence electrons. The molecule has 0 spiro atoms. The van der Waals surface area contributed by atoms with Crippen molar-refractivity contribution in [2.75, 3.05) is 12.5 Å². The van der Waals surface area contributed by atoms with Crippen molar-refractivity contribution in [2.45, 2.75) is 20.1 Å². The number of methoxy groups -OCH3 is 1. The molecule has 7 heteroatoms. The smallest absolute Gasteiger partial charge is 0.164 e. The third kappa shape index (κ3) is 5.63. The number of nitrogens with one attached hydrogen (secondary N) is 1. The highest BCUT2D eigenvalue weighted by Gasteiger charge is 2.10. The van der Waals surface area contributed by atoms with Crippen molar-refractivity contribution in [1.82, 2.24) is 4.98 Å². The summed E-state index contributed by atoms with van der Waals surface area (Å²) in [6.45, 7) is 2.45. The Morgan fingerprint density at radius 2 is 1.97 bits per heavy atom. The number of rotatable bonds is 8. The van der Waals surface area contributed by atoms with E-state index in [0.29, 0.717) is 23.7 Å². The van der Waals surface area contributed by atoms with Gasteiger partial charge >= 0.3 is 0 Å². The highest BCUT2D eigenvalue weighted by molar-refractivity contribution is 5.80. The quantitative estimate of drug-likeness (QED) is 0.439. The van der Waals surface area contributed by atoms with Gasteiger partial charge in [0, 0.05) is 18.4 Å². The van der Waals surface area contributed by atoms with Gasteiger partial charge in [0.2, 0.25) is 0 Å². The summed E-state index contributed by atoms with van der Waals surface area (Å²) in [4.78, 5) is 4.34. The molecule has 0 bridgehead atoms. The van der Waals surface area contributed by atoms with Crippen LogP contribution in [0.2, 0.25) is 0 Å². The van der Waals surface area contributed by atoms with E-state index in [0.717, 1.165) is 22.4 Å². The summed E-state index contributed by atoms with van der Waals surface area (Å²) in [5, 5.41) is 13.6. The summed E-state index contributed by atoms with van der Waals surface area (Å²) >= 11 is 0. The number of hydrogen-bond donors (Lipinski definition) is 1. The van der Waals surface area contributed by atoms with Gasteiger partial charge in [0.05, 0.1) is 12.8 Å². The number of aromatic nitrogens is 1. The summed E-state index contributed by atoms with van der Waals surface area (Å²) < 4.78 is 24.0. The molecule has 0 amide bonds. The molecule has 0 atom stereocenters. The number of nitrogens with zero attached hydrogens (tertiary/aromatic N) is 3. The van der Waals surface area contributed by atoms with E-state index < -0.39 is 0 Å². The molecule has 3 rings (SSSR count). The van der Waals surface area contributed by atoms with Gasteiger partial charge in [0.1, 0.15) is 29.8 Å². The predicted octanol–water partition coefficient (Wildman–Crippen LogP) is 4.57. The molecule has 1 aromatic heterocycles. The topological polar surface area (TPSA) is 79.5 Å². The fourth-order valence-corrected chi connectivity index (χ4v) is 2.83. The second-order valence-electron chi connectivity index (χ2n) is 6.55. The van der Waals surface area contributed by atoms with Gasteiger partial charge in [-0.05, 0) is 60.5 Å². The summed E-state index contributed by atoms with van der Waals surface area (Å²) in [5.74, 6) is 0.767. The van der Waals surface area contributed by atoms with Crippen LogP contribution in [0.4, 0.5) is 10.2 Å². The molecule has 0 aliphatic rings. The first-order valence-corrected chi connectivity index (χ1v) is 9.25. The van der Waals surface area contributed by atoms with E-state index in [9.17, 15) is 9.65 Å². The van der Waals surface area contributed by atoms with Crippen LogP contribution >= 0.6 is 0 Å². The van der Waals surface area contributed by atoms with Crippen molar-refractivity contribution in [3.63, 3.8) is 0 Å². The molecular weight excluding hydrogens is 383 g/mol. The lowest BCUT2D eigenvalue weighted by molar-refractivity contribution is 0.184. The monoisotopic (exact) mass is 404 g/mol. The Morgan fingerprint density at radius 1 is 1.17 bits per heavy atom. The van der Waals surface area contributed by atoms with E-state index in [1.54, 1.807) is 19.4 Å². The zero-order chi connectivity index (χ0) is 21.3. The number of nitriles is 1. The number of hydrogen-bond acceptors (Lipinski definition) is 6. The first-order valence-electron chi connectivity index (χ1n) is 9.25. The Bertz CT molecular complexity index is 1080. The van der Waals surface area contributed by atoms with E-state index in [1.165, 1.54) is 12.1 Å². The average Bonchev–Trinajstić information content (AvgIpc) is 2.73. The maximum atomic E-state index is 13.2. The zero-order valence-corrected chi connectivity index (χ0v) is 16.7. The molecule has 1 N–H and O–H groups in total. The van der Waals surface area contributed by atoms with Crippen LogP contribution in [0.5, 0.6) is 5.75 Å². The Labute approximate surface area is 174 Å². The lowest BCUT2D eigenvalue weighted by Gasteiger charge is -2.09. The average molecular weight is 404 g/mol. The Hall–Kier alpha value is -3.76. The van der Waals surface area contributed by atoms with Crippen LogP contribution in [0.1, 0.15) is 27.9 Å². The Morgan fingerprint density at radius 3 is 2.67 bits per heavy atom. The van der Waals surface area contributed by atoms with Gasteiger partial charge in [-0.1, -0.05) is 12.1 Å². The highest BCUT2D eigenvalue weighted by atomic mass is 19.1. The van der Waals surface area contributed by atoms with Crippen LogP contribution in [0, 0.1) is 24.1 Å². The highest BCUT2D eigenvalue weighted by Crippen LogP contribution is 2.19. The number of pyridine rings is 1. The molecule has 0 saturated heterocycles. The molecule has 0 unspecified atom stereocenters. The molecule has 0 aliphatic heterocycles. The predicted molar refractivity (Wildman–Crippen MR) is 113 cm³/mol. The lowest BCUT2D eigenvalue weighted by atomic mass is 10.1. The van der Waals surface area contributed by atoms with Crippen molar-refractivity contribution in [1.29, 1.82) is 5.26 Å². The summed E-state index contributed by atoms with van der Waals surface area (Å²) in [6, 6.07) is 17.6. The molecule has 0 fully saturated rings. The van der Waals surface area contributed by atoms with Crippen LogP contribution in [0.25, 0.3) is 0 Å². The van der Waals surface area contributed by atoms with Crippen molar-refractivity contribution < 1.29 is 13.9 Å². The summed E-state index contributed by atoms with van der Waals surface area (Å²) in [7, 11) is 1.58. The van der Waals surface area contributed by atoms with E-state index >= 15 is 0 Å². The van der Waals surface area contributed by atoms with Gasteiger partial charge in [-0.3, -0.25) is 5.43 Å². The first kappa shape index (κ1) is 21.0. The lowest BCUT2D eigenvalue weighted by Crippen LogP contribution is -2.03. The third-order valence-corrected chi connectivity index (χ3v) is 4.20. The summed E-state index contributed by atoms with van der Waals surface area (Å²) in [5.41, 5.74) is 6.35. The van der Waals surface area contributed by atoms with E-state index in [1.807, 2.05) is 43.3 Å². The molecular formula is C23H21FN4O2.